The second-order valence-corrected chi connectivity index (χ2v) is 3.06. The van der Waals surface area contributed by atoms with Gasteiger partial charge in [-0.1, -0.05) is 19.1 Å². The van der Waals surface area contributed by atoms with Crippen LogP contribution in [0, 0.1) is 0 Å². The minimum Gasteiger partial charge on any atom is -0.755 e. The van der Waals surface area contributed by atoms with E-state index in [0.717, 1.165) is 12.0 Å². The van der Waals surface area contributed by atoms with E-state index < -0.39 is 11.3 Å². The van der Waals surface area contributed by atoms with Gasteiger partial charge in [-0.2, -0.15) is 0 Å². The first-order valence-electron chi connectivity index (χ1n) is 3.67. The van der Waals surface area contributed by atoms with Crippen molar-refractivity contribution >= 4 is 17.0 Å². The van der Waals surface area contributed by atoms with Gasteiger partial charge in [0.1, 0.15) is 0 Å². The van der Waals surface area contributed by atoms with Gasteiger partial charge < -0.3 is 9.27 Å². The highest BCUT2D eigenvalue weighted by molar-refractivity contribution is 7.80. The Bertz CT molecular complexity index is 288. The first-order chi connectivity index (χ1) is 5.72. The van der Waals surface area contributed by atoms with Crippen LogP contribution in [-0.4, -0.2) is 8.76 Å². The molecule has 1 aromatic rings. The molecule has 12 heavy (non-hydrogen) atoms. The summed E-state index contributed by atoms with van der Waals surface area (Å²) in [7, 11) is 0. The quantitative estimate of drug-likeness (QED) is 0.723. The average Bonchev–Trinajstić information content (AvgIpc) is 2.03. The lowest BCUT2D eigenvalue weighted by molar-refractivity contribution is 0.542. The molecule has 4 heteroatoms. The van der Waals surface area contributed by atoms with Crippen molar-refractivity contribution in [2.24, 2.45) is 0 Å². The molecular weight excluding hydrogens is 174 g/mol. The Balaban J connectivity index is 2.79. The highest BCUT2D eigenvalue weighted by Gasteiger charge is 1.92. The lowest BCUT2D eigenvalue weighted by atomic mass is 10.1. The minimum atomic E-state index is -2.23. The molecule has 1 atom stereocenters. The molecule has 0 amide bonds. The largest absolute Gasteiger partial charge is 0.755 e. The summed E-state index contributed by atoms with van der Waals surface area (Å²) in [5.74, 6) is 0. The summed E-state index contributed by atoms with van der Waals surface area (Å²) in [6, 6.07) is 7.32. The summed E-state index contributed by atoms with van der Waals surface area (Å²) >= 11 is -2.23. The Morgan fingerprint density at radius 3 is 2.92 bits per heavy atom. The van der Waals surface area contributed by atoms with Gasteiger partial charge >= 0.3 is 0 Å². The lowest BCUT2D eigenvalue weighted by Crippen LogP contribution is -2.02. The molecule has 0 aliphatic heterocycles. The molecule has 3 nitrogen and oxygen atoms in total. The number of rotatable bonds is 3. The Kier molecular flexibility index (Phi) is 3.25. The summed E-state index contributed by atoms with van der Waals surface area (Å²) < 4.78 is 22.8. The van der Waals surface area contributed by atoms with Crippen molar-refractivity contribution in [3.8, 4) is 0 Å². The molecule has 0 aromatic heterocycles. The van der Waals surface area contributed by atoms with E-state index in [4.69, 9.17) is 0 Å². The van der Waals surface area contributed by atoms with Crippen LogP contribution in [0.3, 0.4) is 0 Å². The minimum absolute atomic E-state index is 0.614. The molecule has 0 spiro atoms. The second kappa shape index (κ2) is 4.23. The molecule has 0 aliphatic rings. The fourth-order valence-corrected chi connectivity index (χ4v) is 1.27. The van der Waals surface area contributed by atoms with Crippen LogP contribution in [-0.2, 0) is 17.7 Å². The van der Waals surface area contributed by atoms with Crippen molar-refractivity contribution in [1.29, 1.82) is 0 Å². The van der Waals surface area contributed by atoms with Gasteiger partial charge in [-0.25, -0.2) is 0 Å². The second-order valence-electron chi connectivity index (χ2n) is 2.39. The van der Waals surface area contributed by atoms with Crippen molar-refractivity contribution in [2.75, 3.05) is 4.72 Å². The number of hydrogen-bond acceptors (Lipinski definition) is 2. The highest BCUT2D eigenvalue weighted by Crippen LogP contribution is 2.10. The van der Waals surface area contributed by atoms with Crippen LogP contribution in [0.4, 0.5) is 5.69 Å². The van der Waals surface area contributed by atoms with Gasteiger partial charge in [0.05, 0.1) is 0 Å². The van der Waals surface area contributed by atoms with Gasteiger partial charge in [-0.15, -0.1) is 0 Å². The van der Waals surface area contributed by atoms with Crippen LogP contribution < -0.4 is 4.72 Å². The summed E-state index contributed by atoms with van der Waals surface area (Å²) in [5.41, 5.74) is 1.73. The lowest BCUT2D eigenvalue weighted by Gasteiger charge is -2.08. The van der Waals surface area contributed by atoms with Crippen LogP contribution >= 0.6 is 0 Å². The van der Waals surface area contributed by atoms with Gasteiger partial charge in [-0.05, 0) is 24.1 Å². The van der Waals surface area contributed by atoms with Gasteiger partial charge in [0.25, 0.3) is 0 Å². The zero-order chi connectivity index (χ0) is 8.97. The Morgan fingerprint density at radius 1 is 1.58 bits per heavy atom. The molecule has 66 valence electrons. The fourth-order valence-electron chi connectivity index (χ4n) is 0.951. The number of anilines is 1. The smallest absolute Gasteiger partial charge is 0.0455 e. The monoisotopic (exact) mass is 184 g/mol. The maximum atomic E-state index is 10.3. The zero-order valence-corrected chi connectivity index (χ0v) is 7.56. The maximum absolute atomic E-state index is 10.3. The number of hydrogen-bond donors (Lipinski definition) is 1. The van der Waals surface area contributed by atoms with Gasteiger partial charge in [0.2, 0.25) is 0 Å². The van der Waals surface area contributed by atoms with Crippen LogP contribution in [0.25, 0.3) is 0 Å². The Labute approximate surface area is 74.2 Å². The van der Waals surface area contributed by atoms with E-state index in [1.807, 2.05) is 25.1 Å². The summed E-state index contributed by atoms with van der Waals surface area (Å²) in [4.78, 5) is 0. The van der Waals surface area contributed by atoms with E-state index in [1.165, 1.54) is 0 Å². The van der Waals surface area contributed by atoms with Crippen LogP contribution in [0.15, 0.2) is 24.3 Å². The topological polar surface area (TPSA) is 52.2 Å². The van der Waals surface area contributed by atoms with Crippen molar-refractivity contribution in [1.82, 2.24) is 0 Å². The predicted molar refractivity (Wildman–Crippen MR) is 48.4 cm³/mol. The van der Waals surface area contributed by atoms with E-state index in [-0.39, 0.29) is 0 Å². The van der Waals surface area contributed by atoms with E-state index >= 15 is 0 Å². The summed E-state index contributed by atoms with van der Waals surface area (Å²) in [6.45, 7) is 2.02. The third-order valence-corrected chi connectivity index (χ3v) is 1.94. The highest BCUT2D eigenvalue weighted by atomic mass is 32.2. The number of nitrogens with one attached hydrogen (secondary N) is 1. The third kappa shape index (κ3) is 2.64. The SMILES string of the molecule is CCc1cccc(NS(=O)[O-])c1. The van der Waals surface area contributed by atoms with Gasteiger partial charge in [-0.3, -0.25) is 4.21 Å². The van der Waals surface area contributed by atoms with Crippen LogP contribution in [0.1, 0.15) is 12.5 Å². The number of benzene rings is 1. The Morgan fingerprint density at radius 2 is 2.33 bits per heavy atom. The van der Waals surface area contributed by atoms with Crippen molar-refractivity contribution in [3.05, 3.63) is 29.8 Å². The molecule has 1 aromatic carbocycles. The first kappa shape index (κ1) is 9.22. The predicted octanol–water partition coefficient (Wildman–Crippen LogP) is 1.45. The average molecular weight is 184 g/mol. The van der Waals surface area contributed by atoms with E-state index in [1.54, 1.807) is 6.07 Å². The molecule has 0 saturated heterocycles. The zero-order valence-electron chi connectivity index (χ0n) is 6.74. The normalized spacial score (nSPS) is 12.5. The number of aryl methyl sites for hydroxylation is 1. The maximum Gasteiger partial charge on any atom is 0.0455 e. The fraction of sp³-hybridized carbons (Fsp3) is 0.250. The molecule has 0 fully saturated rings. The van der Waals surface area contributed by atoms with E-state index in [0.29, 0.717) is 5.69 Å². The molecule has 0 heterocycles. The van der Waals surface area contributed by atoms with Gasteiger partial charge in [0, 0.05) is 17.0 Å². The summed E-state index contributed by atoms with van der Waals surface area (Å²) in [5, 5.41) is 0. The standard InChI is InChI=1S/C8H11NO2S/c1-2-7-4-3-5-8(6-7)9-12(10)11/h3-6,9H,2H2,1H3,(H,10,11)/p-1. The molecule has 0 saturated carbocycles. The third-order valence-electron chi connectivity index (χ3n) is 1.54. The van der Waals surface area contributed by atoms with Crippen molar-refractivity contribution in [2.45, 2.75) is 13.3 Å². The van der Waals surface area contributed by atoms with Gasteiger partial charge in [0.15, 0.2) is 0 Å². The first-order valence-corrected chi connectivity index (χ1v) is 4.74. The molecular formula is C8H10NO2S-. The molecule has 0 radical (unpaired) electrons. The summed E-state index contributed by atoms with van der Waals surface area (Å²) in [6.07, 6.45) is 0.904. The van der Waals surface area contributed by atoms with Crippen molar-refractivity contribution < 1.29 is 8.76 Å². The molecule has 1 unspecified atom stereocenters. The molecule has 0 aliphatic carbocycles. The van der Waals surface area contributed by atoms with E-state index in [2.05, 4.69) is 4.72 Å². The molecule has 0 bridgehead atoms. The molecule has 1 rings (SSSR count). The van der Waals surface area contributed by atoms with Crippen molar-refractivity contribution in [3.63, 3.8) is 0 Å². The van der Waals surface area contributed by atoms with E-state index in [9.17, 15) is 8.76 Å². The molecule has 1 N–H and O–H groups in total. The van der Waals surface area contributed by atoms with Crippen LogP contribution in [0.2, 0.25) is 0 Å². The Hall–Kier alpha value is -0.870. The van der Waals surface area contributed by atoms with Crippen LogP contribution in [0.5, 0.6) is 0 Å².